The highest BCUT2D eigenvalue weighted by molar-refractivity contribution is 7.19. The molecule has 0 fully saturated rings. The van der Waals surface area contributed by atoms with E-state index in [1.807, 2.05) is 36.5 Å². The van der Waals surface area contributed by atoms with E-state index in [2.05, 4.69) is 204 Å². The lowest BCUT2D eigenvalue weighted by Gasteiger charge is -2.34. The summed E-state index contributed by atoms with van der Waals surface area (Å²) in [5, 5.41) is 11.3. The van der Waals surface area contributed by atoms with Crippen molar-refractivity contribution >= 4 is 94.5 Å². The van der Waals surface area contributed by atoms with Gasteiger partial charge in [0.15, 0.2) is 19.7 Å². The average molecular weight is 914 g/mol. The minimum absolute atomic E-state index is 0.504. The third kappa shape index (κ3) is 6.07. The minimum atomic E-state index is -2.79. The number of fused-ring (bicyclic) bond motifs is 9. The summed E-state index contributed by atoms with van der Waals surface area (Å²) in [6, 6.07) is 79.5. The maximum Gasteiger partial charge on any atom is 0.238 e. The molecule has 14 rings (SSSR count). The second-order valence-electron chi connectivity index (χ2n) is 17.7. The van der Waals surface area contributed by atoms with Crippen molar-refractivity contribution in [3.05, 3.63) is 237 Å². The average Bonchev–Trinajstić information content (AvgIpc) is 4.12. The van der Waals surface area contributed by atoms with Crippen molar-refractivity contribution in [3.8, 4) is 39.9 Å². The van der Waals surface area contributed by atoms with Crippen molar-refractivity contribution < 1.29 is 8.83 Å². The number of pyridine rings is 1. The Bertz CT molecular complexity index is 4200. The number of benzene rings is 9. The van der Waals surface area contributed by atoms with Crippen LogP contribution < -0.4 is 20.7 Å². The standard InChI is InChI=1S/C62H39N5O2Si/c1-4-17-41(18-5-1)70(42-19-6-2-7-20-42,43-21-8-3-9-22-43)44-35-33-40(34-36-44)60-64-61(49-27-16-32-56-59(49)50-39-63-38-37-54(50)69-56)66-62(65-60)67-51-28-12-10-23-47(51)57-45(25-14-29-52(57)67)46-26-15-31-55-58(46)48-24-11-13-30-53(48)68-55/h1-39H. The first-order valence-corrected chi connectivity index (χ1v) is 25.4. The summed E-state index contributed by atoms with van der Waals surface area (Å²) < 4.78 is 15.0. The molecule has 5 aromatic heterocycles. The second-order valence-corrected chi connectivity index (χ2v) is 21.5. The van der Waals surface area contributed by atoms with Gasteiger partial charge in [-0.25, -0.2) is 4.98 Å². The Morgan fingerprint density at radius 2 is 0.843 bits per heavy atom. The highest BCUT2D eigenvalue weighted by atomic mass is 28.3. The number of furan rings is 2. The summed E-state index contributed by atoms with van der Waals surface area (Å²) in [6.07, 6.45) is 3.61. The van der Waals surface area contributed by atoms with E-state index in [0.29, 0.717) is 17.6 Å². The van der Waals surface area contributed by atoms with Crippen molar-refractivity contribution in [3.63, 3.8) is 0 Å². The normalized spacial score (nSPS) is 12.0. The molecule has 0 bridgehead atoms. The number of aromatic nitrogens is 5. The summed E-state index contributed by atoms with van der Waals surface area (Å²) in [5.74, 6) is 1.58. The molecule has 9 aromatic carbocycles. The maximum atomic E-state index is 6.40. The molecular formula is C62H39N5O2Si. The van der Waals surface area contributed by atoms with Crippen LogP contribution in [-0.4, -0.2) is 32.6 Å². The molecule has 0 aliphatic carbocycles. The molecule has 0 amide bonds. The predicted octanol–water partition coefficient (Wildman–Crippen LogP) is 12.5. The molecule has 0 aliphatic heterocycles. The molecule has 0 N–H and O–H groups in total. The molecule has 0 saturated heterocycles. The fourth-order valence-electron chi connectivity index (χ4n) is 11.0. The zero-order chi connectivity index (χ0) is 46.2. The molecule has 328 valence electrons. The lowest BCUT2D eigenvalue weighted by atomic mass is 9.95. The molecule has 0 aliphatic rings. The summed E-state index contributed by atoms with van der Waals surface area (Å²) in [4.78, 5) is 20.8. The lowest BCUT2D eigenvalue weighted by molar-refractivity contribution is 0.668. The molecular weight excluding hydrogens is 875 g/mol. The molecule has 0 atom stereocenters. The van der Waals surface area contributed by atoms with Gasteiger partial charge in [0.1, 0.15) is 22.3 Å². The van der Waals surface area contributed by atoms with Crippen LogP contribution >= 0.6 is 0 Å². The van der Waals surface area contributed by atoms with E-state index in [-0.39, 0.29) is 0 Å². The van der Waals surface area contributed by atoms with E-state index in [4.69, 9.17) is 23.8 Å². The molecule has 14 aromatic rings. The summed E-state index contributed by atoms with van der Waals surface area (Å²) in [6.45, 7) is 0. The number of para-hydroxylation sites is 2. The zero-order valence-corrected chi connectivity index (χ0v) is 38.6. The van der Waals surface area contributed by atoms with Crippen LogP contribution in [0.5, 0.6) is 0 Å². The van der Waals surface area contributed by atoms with Crippen molar-refractivity contribution in [2.75, 3.05) is 0 Å². The Kier molecular flexibility index (Phi) is 9.08. The number of rotatable bonds is 8. The van der Waals surface area contributed by atoms with Crippen molar-refractivity contribution in [1.82, 2.24) is 24.5 Å². The smallest absolute Gasteiger partial charge is 0.238 e. The van der Waals surface area contributed by atoms with Crippen LogP contribution in [0.2, 0.25) is 0 Å². The molecule has 0 unspecified atom stereocenters. The van der Waals surface area contributed by atoms with Gasteiger partial charge in [-0.1, -0.05) is 188 Å². The van der Waals surface area contributed by atoms with Gasteiger partial charge in [0, 0.05) is 55.8 Å². The fourth-order valence-corrected chi connectivity index (χ4v) is 15.7. The van der Waals surface area contributed by atoms with Crippen LogP contribution in [-0.2, 0) is 0 Å². The lowest BCUT2D eigenvalue weighted by Crippen LogP contribution is -2.74. The maximum absolute atomic E-state index is 6.40. The Morgan fingerprint density at radius 3 is 1.53 bits per heavy atom. The van der Waals surface area contributed by atoms with Gasteiger partial charge in [-0.2, -0.15) is 9.97 Å². The number of hydrogen-bond donors (Lipinski definition) is 0. The third-order valence-corrected chi connectivity index (χ3v) is 18.7. The third-order valence-electron chi connectivity index (χ3n) is 13.9. The predicted molar refractivity (Wildman–Crippen MR) is 286 cm³/mol. The minimum Gasteiger partial charge on any atom is -0.456 e. The Labute approximate surface area is 402 Å². The number of nitrogens with zero attached hydrogens (tertiary/aromatic N) is 5. The summed E-state index contributed by atoms with van der Waals surface area (Å²) in [7, 11) is -2.79. The Hall–Kier alpha value is -9.24. The van der Waals surface area contributed by atoms with Gasteiger partial charge in [-0.15, -0.1) is 0 Å². The van der Waals surface area contributed by atoms with E-state index in [0.717, 1.165) is 87.9 Å². The van der Waals surface area contributed by atoms with E-state index < -0.39 is 8.07 Å². The van der Waals surface area contributed by atoms with Gasteiger partial charge >= 0.3 is 0 Å². The first kappa shape index (κ1) is 39.9. The fraction of sp³-hybridized carbons (Fsp3) is 0. The summed E-state index contributed by atoms with van der Waals surface area (Å²) in [5.41, 5.74) is 9.05. The van der Waals surface area contributed by atoms with Crippen molar-refractivity contribution in [2.45, 2.75) is 0 Å². The largest absolute Gasteiger partial charge is 0.456 e. The second kappa shape index (κ2) is 15.9. The molecule has 0 saturated carbocycles. The van der Waals surface area contributed by atoms with Crippen LogP contribution in [0, 0.1) is 0 Å². The van der Waals surface area contributed by atoms with Gasteiger partial charge in [0.2, 0.25) is 5.95 Å². The first-order chi connectivity index (χ1) is 34.7. The van der Waals surface area contributed by atoms with Crippen molar-refractivity contribution in [2.24, 2.45) is 0 Å². The molecule has 7 nitrogen and oxygen atoms in total. The van der Waals surface area contributed by atoms with Gasteiger partial charge in [0.25, 0.3) is 0 Å². The monoisotopic (exact) mass is 913 g/mol. The van der Waals surface area contributed by atoms with Crippen LogP contribution in [0.4, 0.5) is 0 Å². The zero-order valence-electron chi connectivity index (χ0n) is 37.6. The highest BCUT2D eigenvalue weighted by Gasteiger charge is 2.41. The molecule has 0 spiro atoms. The first-order valence-electron chi connectivity index (χ1n) is 23.4. The molecule has 5 heterocycles. The molecule has 0 radical (unpaired) electrons. The van der Waals surface area contributed by atoms with Crippen molar-refractivity contribution in [1.29, 1.82) is 0 Å². The Morgan fingerprint density at radius 1 is 0.343 bits per heavy atom. The number of hydrogen-bond acceptors (Lipinski definition) is 6. The summed E-state index contributed by atoms with van der Waals surface area (Å²) >= 11 is 0. The van der Waals surface area contributed by atoms with Gasteiger partial charge < -0.3 is 8.83 Å². The van der Waals surface area contributed by atoms with E-state index in [1.165, 1.54) is 20.7 Å². The van der Waals surface area contributed by atoms with E-state index in [1.54, 1.807) is 6.20 Å². The van der Waals surface area contributed by atoms with Gasteiger partial charge in [-0.05, 0) is 68.3 Å². The Balaban J connectivity index is 1.02. The van der Waals surface area contributed by atoms with Crippen LogP contribution in [0.15, 0.2) is 246 Å². The highest BCUT2D eigenvalue weighted by Crippen LogP contribution is 2.43. The van der Waals surface area contributed by atoms with Crippen LogP contribution in [0.25, 0.3) is 106 Å². The van der Waals surface area contributed by atoms with Gasteiger partial charge in [-0.3, -0.25) is 9.55 Å². The van der Waals surface area contributed by atoms with E-state index in [9.17, 15) is 0 Å². The van der Waals surface area contributed by atoms with Crippen LogP contribution in [0.3, 0.4) is 0 Å². The van der Waals surface area contributed by atoms with E-state index >= 15 is 0 Å². The van der Waals surface area contributed by atoms with Gasteiger partial charge in [0.05, 0.1) is 11.0 Å². The molecule has 70 heavy (non-hydrogen) atoms. The SMILES string of the molecule is c1ccc([Si](c2ccccc2)(c2ccccc2)c2ccc(-c3nc(-c4cccc5oc6ccncc6c45)nc(-n4c5ccccc5c5c(-c6cccc7oc8ccccc8c67)cccc54)n3)cc2)cc1. The quantitative estimate of drug-likeness (QED) is 0.112. The topological polar surface area (TPSA) is 82.8 Å². The van der Waals surface area contributed by atoms with Crippen LogP contribution in [0.1, 0.15) is 0 Å². The molecule has 8 heteroatoms.